The van der Waals surface area contributed by atoms with E-state index in [-0.39, 0.29) is 16.5 Å². The summed E-state index contributed by atoms with van der Waals surface area (Å²) in [5.41, 5.74) is 6.80. The number of hydrogen-bond acceptors (Lipinski definition) is 3. The summed E-state index contributed by atoms with van der Waals surface area (Å²) in [6.07, 6.45) is 5.66. The number of hydrogen-bond donors (Lipinski definition) is 0. The van der Waals surface area contributed by atoms with E-state index in [1.807, 2.05) is 6.08 Å². The molecule has 0 N–H and O–H groups in total. The number of imidazole rings is 1. The third-order valence-corrected chi connectivity index (χ3v) is 6.20. The van der Waals surface area contributed by atoms with Crippen LogP contribution in [-0.2, 0) is 17.9 Å². The van der Waals surface area contributed by atoms with Gasteiger partial charge in [0.05, 0.1) is 17.9 Å². The largest absolute Gasteiger partial charge is 0.543 e. The van der Waals surface area contributed by atoms with Crippen LogP contribution in [0.2, 0.25) is 0 Å². The van der Waals surface area contributed by atoms with E-state index in [4.69, 9.17) is 0 Å². The molecular weight excluding hydrogens is 336 g/mol. The molecule has 0 fully saturated rings. The van der Waals surface area contributed by atoms with Crippen molar-refractivity contribution < 1.29 is 9.90 Å². The molecule has 1 aromatic carbocycles. The third-order valence-electron chi connectivity index (χ3n) is 6.20. The SMILES string of the molecule is C/C(=C\c1ncc(C(=O)[O-])n1C)c1cc2c(cc1C)C(C)(C)CCC2(C)C. The smallest absolute Gasteiger partial charge is 0.133 e. The number of aryl methyl sites for hydroxylation is 1. The Hall–Kier alpha value is -2.36. The zero-order valence-electron chi connectivity index (χ0n) is 17.4. The third kappa shape index (κ3) is 3.33. The molecule has 1 aliphatic carbocycles. The van der Waals surface area contributed by atoms with Crippen molar-refractivity contribution >= 4 is 17.6 Å². The summed E-state index contributed by atoms with van der Waals surface area (Å²) >= 11 is 0. The molecule has 144 valence electrons. The van der Waals surface area contributed by atoms with Crippen LogP contribution in [0.4, 0.5) is 0 Å². The number of carbonyl (C=O) groups excluding carboxylic acids is 1. The quantitative estimate of drug-likeness (QED) is 0.826. The maximum absolute atomic E-state index is 11.1. The highest BCUT2D eigenvalue weighted by atomic mass is 16.4. The molecule has 1 aliphatic rings. The molecule has 0 saturated heterocycles. The van der Waals surface area contributed by atoms with Gasteiger partial charge < -0.3 is 14.5 Å². The normalized spacial score (nSPS) is 18.3. The minimum Gasteiger partial charge on any atom is -0.543 e. The van der Waals surface area contributed by atoms with Gasteiger partial charge in [0, 0.05) is 7.05 Å². The average molecular weight is 365 g/mol. The van der Waals surface area contributed by atoms with Crippen LogP contribution < -0.4 is 5.11 Å². The number of nitrogens with zero attached hydrogens (tertiary/aromatic N) is 2. The van der Waals surface area contributed by atoms with E-state index in [1.54, 1.807) is 11.6 Å². The Morgan fingerprint density at radius 2 is 1.70 bits per heavy atom. The van der Waals surface area contributed by atoms with Crippen molar-refractivity contribution in [3.8, 4) is 0 Å². The fourth-order valence-corrected chi connectivity index (χ4v) is 4.17. The Bertz CT molecular complexity index is 946. The lowest BCUT2D eigenvalue weighted by molar-refractivity contribution is -0.255. The Morgan fingerprint density at radius 1 is 1.15 bits per heavy atom. The second kappa shape index (κ2) is 6.36. The molecule has 0 radical (unpaired) electrons. The van der Waals surface area contributed by atoms with Gasteiger partial charge in [0.25, 0.3) is 0 Å². The summed E-state index contributed by atoms with van der Waals surface area (Å²) in [6.45, 7) is 13.5. The highest BCUT2D eigenvalue weighted by Gasteiger charge is 2.37. The highest BCUT2D eigenvalue weighted by molar-refractivity contribution is 5.85. The van der Waals surface area contributed by atoms with Crippen molar-refractivity contribution in [2.45, 2.75) is 65.2 Å². The first kappa shape index (κ1) is 19.4. The predicted molar refractivity (Wildman–Crippen MR) is 108 cm³/mol. The first-order chi connectivity index (χ1) is 12.4. The van der Waals surface area contributed by atoms with E-state index >= 15 is 0 Å². The number of rotatable bonds is 3. The zero-order valence-corrected chi connectivity index (χ0v) is 17.4. The van der Waals surface area contributed by atoms with Gasteiger partial charge in [-0.15, -0.1) is 0 Å². The molecule has 0 bridgehead atoms. The Morgan fingerprint density at radius 3 is 2.22 bits per heavy atom. The lowest BCUT2D eigenvalue weighted by Crippen LogP contribution is -2.34. The van der Waals surface area contributed by atoms with Gasteiger partial charge in [-0.2, -0.15) is 0 Å². The molecule has 2 aromatic rings. The van der Waals surface area contributed by atoms with E-state index < -0.39 is 5.97 Å². The van der Waals surface area contributed by atoms with Crippen molar-refractivity contribution in [2.75, 3.05) is 0 Å². The van der Waals surface area contributed by atoms with Crippen molar-refractivity contribution in [3.05, 3.63) is 52.1 Å². The predicted octanol–water partition coefficient (Wildman–Crippen LogP) is 4.00. The Balaban J connectivity index is 2.11. The summed E-state index contributed by atoms with van der Waals surface area (Å²) in [5.74, 6) is -0.598. The van der Waals surface area contributed by atoms with Gasteiger partial charge in [0.2, 0.25) is 0 Å². The van der Waals surface area contributed by atoms with Crippen LogP contribution in [0.25, 0.3) is 11.6 Å². The van der Waals surface area contributed by atoms with Crippen LogP contribution in [0.1, 0.15) is 86.0 Å². The number of aromatic carboxylic acids is 1. The van der Waals surface area contributed by atoms with Crippen LogP contribution in [0.15, 0.2) is 18.3 Å². The van der Waals surface area contributed by atoms with Gasteiger partial charge >= 0.3 is 0 Å². The summed E-state index contributed by atoms with van der Waals surface area (Å²) in [4.78, 5) is 15.4. The standard InChI is InChI=1S/C23H30N2O2/c1-14-10-17-18(23(5,6)9-8-22(17,3)4)12-16(14)15(2)11-20-24-13-19(21(26)27)25(20)7/h10-13H,8-9H2,1-7H3,(H,26,27)/p-1/b15-11+. The maximum atomic E-state index is 11.1. The molecule has 0 aliphatic heterocycles. The lowest BCUT2D eigenvalue weighted by Gasteiger charge is -2.42. The molecule has 0 saturated carbocycles. The van der Waals surface area contributed by atoms with Gasteiger partial charge in [-0.3, -0.25) is 0 Å². The fourth-order valence-electron chi connectivity index (χ4n) is 4.17. The molecule has 4 heteroatoms. The minimum absolute atomic E-state index is 0.0825. The van der Waals surface area contributed by atoms with E-state index in [0.29, 0.717) is 5.82 Å². The highest BCUT2D eigenvalue weighted by Crippen LogP contribution is 2.47. The second-order valence-electron chi connectivity index (χ2n) is 9.16. The first-order valence-corrected chi connectivity index (χ1v) is 9.51. The molecular formula is C23H29N2O2-. The lowest BCUT2D eigenvalue weighted by atomic mass is 9.62. The summed E-state index contributed by atoms with van der Waals surface area (Å²) in [6, 6.07) is 4.67. The Kier molecular flexibility index (Phi) is 4.57. The average Bonchev–Trinajstić information content (AvgIpc) is 2.92. The van der Waals surface area contributed by atoms with Crippen LogP contribution in [0.3, 0.4) is 0 Å². The van der Waals surface area contributed by atoms with Crippen molar-refractivity contribution in [2.24, 2.45) is 7.05 Å². The molecule has 27 heavy (non-hydrogen) atoms. The zero-order chi connectivity index (χ0) is 20.1. The molecule has 0 amide bonds. The second-order valence-corrected chi connectivity index (χ2v) is 9.16. The number of fused-ring (bicyclic) bond motifs is 1. The molecule has 0 unspecified atom stereocenters. The van der Waals surface area contributed by atoms with E-state index in [0.717, 1.165) is 5.57 Å². The van der Waals surface area contributed by atoms with Gasteiger partial charge in [0.15, 0.2) is 0 Å². The van der Waals surface area contributed by atoms with Gasteiger partial charge in [0.1, 0.15) is 5.82 Å². The summed E-state index contributed by atoms with van der Waals surface area (Å²) < 4.78 is 1.56. The number of allylic oxidation sites excluding steroid dienone is 1. The number of aromatic nitrogens is 2. The van der Waals surface area contributed by atoms with Gasteiger partial charge in [-0.25, -0.2) is 4.98 Å². The molecule has 1 aromatic heterocycles. The van der Waals surface area contributed by atoms with E-state index in [2.05, 4.69) is 58.7 Å². The van der Waals surface area contributed by atoms with E-state index in [1.165, 1.54) is 41.3 Å². The molecule has 0 spiro atoms. The molecule has 0 atom stereocenters. The fraction of sp³-hybridized carbons (Fsp3) is 0.478. The molecule has 1 heterocycles. The summed E-state index contributed by atoms with van der Waals surface area (Å²) in [7, 11) is 1.70. The number of carbonyl (C=O) groups is 1. The van der Waals surface area contributed by atoms with Gasteiger partial charge in [-0.05, 0) is 71.4 Å². The molecule has 4 nitrogen and oxygen atoms in total. The van der Waals surface area contributed by atoms with Crippen LogP contribution >= 0.6 is 0 Å². The van der Waals surface area contributed by atoms with Crippen molar-refractivity contribution in [1.29, 1.82) is 0 Å². The van der Waals surface area contributed by atoms with Gasteiger partial charge in [-0.1, -0.05) is 39.8 Å². The minimum atomic E-state index is -1.21. The maximum Gasteiger partial charge on any atom is 0.133 e. The molecule has 3 rings (SSSR count). The summed E-state index contributed by atoms with van der Waals surface area (Å²) in [5, 5.41) is 11.1. The van der Waals surface area contributed by atoms with E-state index in [9.17, 15) is 9.90 Å². The number of carboxylic acid groups (broad SMARTS) is 1. The monoisotopic (exact) mass is 365 g/mol. The number of carboxylic acids is 1. The topological polar surface area (TPSA) is 57.9 Å². The number of benzene rings is 1. The Labute approximate surface area is 161 Å². The van der Waals surface area contributed by atoms with Crippen molar-refractivity contribution in [1.82, 2.24) is 9.55 Å². The van der Waals surface area contributed by atoms with Crippen LogP contribution in [0, 0.1) is 6.92 Å². The first-order valence-electron chi connectivity index (χ1n) is 9.51. The van der Waals surface area contributed by atoms with Crippen molar-refractivity contribution in [3.63, 3.8) is 0 Å². The van der Waals surface area contributed by atoms with Crippen LogP contribution in [0.5, 0.6) is 0 Å². The van der Waals surface area contributed by atoms with Crippen LogP contribution in [-0.4, -0.2) is 15.5 Å².